The van der Waals surface area contributed by atoms with Gasteiger partial charge in [0, 0.05) is 19.0 Å². The van der Waals surface area contributed by atoms with Gasteiger partial charge in [-0.05, 0) is 6.92 Å². The number of aromatic nitrogens is 4. The van der Waals surface area contributed by atoms with E-state index in [1.807, 2.05) is 0 Å². The van der Waals surface area contributed by atoms with Crippen LogP contribution in [0.5, 0.6) is 0 Å². The molecule has 2 aromatic rings. The largest absolute Gasteiger partial charge is 0.468 e. The number of anilines is 1. The zero-order valence-electron chi connectivity index (χ0n) is 11.7. The molecule has 2 rings (SSSR count). The van der Waals surface area contributed by atoms with Crippen molar-refractivity contribution in [2.24, 2.45) is 0 Å². The Labute approximate surface area is 120 Å². The number of hydrogen-bond donors (Lipinski definition) is 1. The summed E-state index contributed by atoms with van der Waals surface area (Å²) in [5, 5.41) is 10.2. The molecular formula is C12H15N5O4. The fourth-order valence-electron chi connectivity index (χ4n) is 1.60. The van der Waals surface area contributed by atoms with Crippen LogP contribution in [0.1, 0.15) is 18.1 Å². The molecule has 0 saturated carbocycles. The van der Waals surface area contributed by atoms with Gasteiger partial charge in [0.05, 0.1) is 19.0 Å². The van der Waals surface area contributed by atoms with Crippen LogP contribution in [-0.2, 0) is 27.3 Å². The minimum atomic E-state index is -0.414. The molecule has 0 aliphatic rings. The molecule has 2 aromatic heterocycles. The van der Waals surface area contributed by atoms with Crippen LogP contribution < -0.4 is 5.32 Å². The van der Waals surface area contributed by atoms with E-state index in [0.717, 1.165) is 0 Å². The summed E-state index contributed by atoms with van der Waals surface area (Å²) in [5.74, 6) is 0.338. The summed E-state index contributed by atoms with van der Waals surface area (Å²) >= 11 is 0. The Bertz CT molecular complexity index is 633. The monoisotopic (exact) mass is 293 g/mol. The standard InChI is InChI=1S/C12H15N5O4/c1-8-14-11(21-16-8)4-3-10(18)15-9-5-13-17(6-9)7-12(19)20-2/h5-6H,3-4,7H2,1-2H3,(H,15,18). The van der Waals surface area contributed by atoms with Crippen molar-refractivity contribution in [2.45, 2.75) is 26.3 Å². The highest BCUT2D eigenvalue weighted by Gasteiger charge is 2.09. The van der Waals surface area contributed by atoms with Crippen molar-refractivity contribution < 1.29 is 18.8 Å². The van der Waals surface area contributed by atoms with Crippen LogP contribution in [0.4, 0.5) is 5.69 Å². The molecular weight excluding hydrogens is 278 g/mol. The van der Waals surface area contributed by atoms with Crippen LogP contribution in [0.2, 0.25) is 0 Å². The van der Waals surface area contributed by atoms with Crippen molar-refractivity contribution in [3.8, 4) is 0 Å². The lowest BCUT2D eigenvalue weighted by molar-refractivity contribution is -0.141. The van der Waals surface area contributed by atoms with Crippen LogP contribution in [0.15, 0.2) is 16.9 Å². The van der Waals surface area contributed by atoms with E-state index in [4.69, 9.17) is 4.52 Å². The fourth-order valence-corrected chi connectivity index (χ4v) is 1.60. The lowest BCUT2D eigenvalue weighted by atomic mass is 10.3. The Kier molecular flexibility index (Phi) is 4.64. The molecule has 0 atom stereocenters. The Balaban J connectivity index is 1.81. The first-order chi connectivity index (χ1) is 10.1. The highest BCUT2D eigenvalue weighted by molar-refractivity contribution is 5.90. The van der Waals surface area contributed by atoms with Gasteiger partial charge in [0.25, 0.3) is 0 Å². The molecule has 0 aliphatic heterocycles. The van der Waals surface area contributed by atoms with Crippen molar-refractivity contribution in [3.63, 3.8) is 0 Å². The molecule has 0 bridgehead atoms. The van der Waals surface area contributed by atoms with Gasteiger partial charge in [-0.15, -0.1) is 0 Å². The Hall–Kier alpha value is -2.71. The molecule has 0 spiro atoms. The molecule has 1 amide bonds. The van der Waals surface area contributed by atoms with E-state index in [-0.39, 0.29) is 18.9 Å². The van der Waals surface area contributed by atoms with Gasteiger partial charge in [-0.1, -0.05) is 5.16 Å². The Morgan fingerprint density at radius 3 is 2.95 bits per heavy atom. The minimum absolute atomic E-state index is 0.00632. The Morgan fingerprint density at radius 1 is 1.48 bits per heavy atom. The van der Waals surface area contributed by atoms with Gasteiger partial charge < -0.3 is 14.6 Å². The van der Waals surface area contributed by atoms with Crippen LogP contribution in [0, 0.1) is 6.92 Å². The number of rotatable bonds is 6. The van der Waals surface area contributed by atoms with Crippen LogP contribution in [0.3, 0.4) is 0 Å². The highest BCUT2D eigenvalue weighted by atomic mass is 16.5. The predicted octanol–water partition coefficient (Wildman–Crippen LogP) is 0.319. The van der Waals surface area contributed by atoms with E-state index < -0.39 is 5.97 Å². The number of aryl methyl sites for hydroxylation is 2. The average molecular weight is 293 g/mol. The fraction of sp³-hybridized carbons (Fsp3) is 0.417. The molecule has 0 radical (unpaired) electrons. The number of nitrogens with one attached hydrogen (secondary N) is 1. The normalized spacial score (nSPS) is 10.4. The maximum atomic E-state index is 11.8. The van der Waals surface area contributed by atoms with Crippen molar-refractivity contribution in [2.75, 3.05) is 12.4 Å². The van der Waals surface area contributed by atoms with E-state index in [1.54, 1.807) is 13.1 Å². The third-order valence-electron chi connectivity index (χ3n) is 2.57. The molecule has 21 heavy (non-hydrogen) atoms. The zero-order chi connectivity index (χ0) is 15.2. The zero-order valence-corrected chi connectivity index (χ0v) is 11.7. The first-order valence-electron chi connectivity index (χ1n) is 6.25. The third kappa shape index (κ3) is 4.41. The second-order valence-electron chi connectivity index (χ2n) is 4.29. The maximum Gasteiger partial charge on any atom is 0.327 e. The van der Waals surface area contributed by atoms with Gasteiger partial charge in [0.15, 0.2) is 5.82 Å². The summed E-state index contributed by atoms with van der Waals surface area (Å²) < 4.78 is 10.8. The quantitative estimate of drug-likeness (QED) is 0.763. The number of nitrogens with zero attached hydrogens (tertiary/aromatic N) is 4. The van der Waals surface area contributed by atoms with E-state index in [0.29, 0.717) is 23.8 Å². The molecule has 0 fully saturated rings. The predicted molar refractivity (Wildman–Crippen MR) is 70.2 cm³/mol. The minimum Gasteiger partial charge on any atom is -0.468 e. The SMILES string of the molecule is COC(=O)Cn1cc(NC(=O)CCc2nc(C)no2)cn1. The average Bonchev–Trinajstić information content (AvgIpc) is 3.05. The smallest absolute Gasteiger partial charge is 0.327 e. The third-order valence-corrected chi connectivity index (χ3v) is 2.57. The topological polar surface area (TPSA) is 112 Å². The van der Waals surface area contributed by atoms with Crippen LogP contribution in [-0.4, -0.2) is 38.9 Å². The van der Waals surface area contributed by atoms with Crippen LogP contribution >= 0.6 is 0 Å². The van der Waals surface area contributed by atoms with Crippen molar-refractivity contribution in [1.82, 2.24) is 19.9 Å². The number of amides is 1. The van der Waals surface area contributed by atoms with Gasteiger partial charge in [-0.2, -0.15) is 10.1 Å². The number of methoxy groups -OCH3 is 1. The van der Waals surface area contributed by atoms with E-state index >= 15 is 0 Å². The number of esters is 1. The molecule has 2 heterocycles. The molecule has 0 unspecified atom stereocenters. The summed E-state index contributed by atoms with van der Waals surface area (Å²) in [6.45, 7) is 1.70. The van der Waals surface area contributed by atoms with Crippen molar-refractivity contribution >= 4 is 17.6 Å². The molecule has 0 aromatic carbocycles. The molecule has 9 nitrogen and oxygen atoms in total. The summed E-state index contributed by atoms with van der Waals surface area (Å²) in [6, 6.07) is 0. The first kappa shape index (κ1) is 14.7. The van der Waals surface area contributed by atoms with E-state index in [1.165, 1.54) is 18.0 Å². The molecule has 1 N–H and O–H groups in total. The van der Waals surface area contributed by atoms with Crippen molar-refractivity contribution in [3.05, 3.63) is 24.1 Å². The second-order valence-corrected chi connectivity index (χ2v) is 4.29. The van der Waals surface area contributed by atoms with E-state index in [9.17, 15) is 9.59 Å². The van der Waals surface area contributed by atoms with Gasteiger partial charge in [-0.25, -0.2) is 0 Å². The van der Waals surface area contributed by atoms with Gasteiger partial charge in [0.2, 0.25) is 11.8 Å². The van der Waals surface area contributed by atoms with Gasteiger partial charge in [-0.3, -0.25) is 14.3 Å². The summed E-state index contributed by atoms with van der Waals surface area (Å²) in [4.78, 5) is 26.8. The van der Waals surface area contributed by atoms with Crippen LogP contribution in [0.25, 0.3) is 0 Å². The summed E-state index contributed by atoms with van der Waals surface area (Å²) in [7, 11) is 1.30. The van der Waals surface area contributed by atoms with Gasteiger partial charge >= 0.3 is 5.97 Å². The molecule has 9 heteroatoms. The first-order valence-corrected chi connectivity index (χ1v) is 6.25. The van der Waals surface area contributed by atoms with Crippen molar-refractivity contribution in [1.29, 1.82) is 0 Å². The maximum absolute atomic E-state index is 11.8. The molecule has 112 valence electrons. The number of hydrogen-bond acceptors (Lipinski definition) is 7. The highest BCUT2D eigenvalue weighted by Crippen LogP contribution is 2.07. The van der Waals surface area contributed by atoms with E-state index in [2.05, 4.69) is 25.3 Å². The number of carbonyl (C=O) groups excluding carboxylic acids is 2. The molecule has 0 aliphatic carbocycles. The Morgan fingerprint density at radius 2 is 2.29 bits per heavy atom. The summed E-state index contributed by atoms with van der Waals surface area (Å²) in [5.41, 5.74) is 0.505. The van der Waals surface area contributed by atoms with Gasteiger partial charge in [0.1, 0.15) is 6.54 Å². The lowest BCUT2D eigenvalue weighted by Gasteiger charge is -2.00. The number of ether oxygens (including phenoxy) is 1. The second kappa shape index (κ2) is 6.64. The number of carbonyl (C=O) groups is 2. The summed E-state index contributed by atoms with van der Waals surface area (Å²) in [6.07, 6.45) is 3.58. The lowest BCUT2D eigenvalue weighted by Crippen LogP contribution is -2.13. The molecule has 0 saturated heterocycles.